The fourth-order valence-electron chi connectivity index (χ4n) is 2.61. The minimum absolute atomic E-state index is 0.128. The summed E-state index contributed by atoms with van der Waals surface area (Å²) in [4.78, 5) is 13.8. The molecule has 0 saturated carbocycles. The van der Waals surface area contributed by atoms with Crippen molar-refractivity contribution in [2.75, 3.05) is 19.8 Å². The van der Waals surface area contributed by atoms with Crippen LogP contribution in [0.4, 0.5) is 4.39 Å². The van der Waals surface area contributed by atoms with Gasteiger partial charge in [-0.15, -0.1) is 11.3 Å². The maximum atomic E-state index is 14.1. The van der Waals surface area contributed by atoms with E-state index in [9.17, 15) is 9.18 Å². The van der Waals surface area contributed by atoms with Gasteiger partial charge in [0.2, 0.25) is 0 Å². The van der Waals surface area contributed by atoms with Gasteiger partial charge in [-0.05, 0) is 31.5 Å². The van der Waals surface area contributed by atoms with Gasteiger partial charge in [0.15, 0.2) is 0 Å². The third-order valence-corrected chi connectivity index (χ3v) is 5.02. The van der Waals surface area contributed by atoms with Crippen molar-refractivity contribution in [1.29, 1.82) is 0 Å². The van der Waals surface area contributed by atoms with Crippen LogP contribution < -0.4 is 5.32 Å². The normalized spacial score (nSPS) is 11.2. The summed E-state index contributed by atoms with van der Waals surface area (Å²) >= 11 is 1.36. The summed E-state index contributed by atoms with van der Waals surface area (Å²) < 4.78 is 21.0. The van der Waals surface area contributed by atoms with E-state index in [1.165, 1.54) is 17.4 Å². The zero-order valence-electron chi connectivity index (χ0n) is 14.2. The Hall–Kier alpha value is -2.25. The average Bonchev–Trinajstić information content (AvgIpc) is 3.16. The van der Waals surface area contributed by atoms with Crippen molar-refractivity contribution in [3.63, 3.8) is 0 Å². The van der Waals surface area contributed by atoms with E-state index in [-0.39, 0.29) is 11.7 Å². The number of thiophene rings is 1. The Balaban J connectivity index is 1.82. The number of rotatable bonds is 7. The molecule has 3 aromatic rings. The lowest BCUT2D eigenvalue weighted by Gasteiger charge is -2.03. The Kier molecular flexibility index (Phi) is 5.45. The molecule has 0 atom stereocenters. The van der Waals surface area contributed by atoms with Crippen LogP contribution in [0.25, 0.3) is 21.5 Å². The van der Waals surface area contributed by atoms with Crippen LogP contribution in [0.2, 0.25) is 0 Å². The number of hydrogen-bond acceptors (Lipinski definition) is 4. The van der Waals surface area contributed by atoms with Crippen LogP contribution in [0, 0.1) is 5.82 Å². The minimum atomic E-state index is -0.323. The van der Waals surface area contributed by atoms with E-state index in [0.717, 1.165) is 16.6 Å². The third kappa shape index (κ3) is 3.72. The zero-order valence-corrected chi connectivity index (χ0v) is 15.0. The Morgan fingerprint density at radius 3 is 2.96 bits per heavy atom. The molecule has 0 spiro atoms. The molecule has 0 saturated heterocycles. The second kappa shape index (κ2) is 7.76. The van der Waals surface area contributed by atoms with Gasteiger partial charge in [0, 0.05) is 37.8 Å². The van der Waals surface area contributed by atoms with Crippen molar-refractivity contribution in [2.24, 2.45) is 7.05 Å². The largest absolute Gasteiger partial charge is 0.382 e. The predicted molar refractivity (Wildman–Crippen MR) is 97.4 cm³/mol. The quantitative estimate of drug-likeness (QED) is 0.654. The van der Waals surface area contributed by atoms with Crippen LogP contribution in [0.1, 0.15) is 23.0 Å². The van der Waals surface area contributed by atoms with Gasteiger partial charge in [-0.3, -0.25) is 9.48 Å². The molecule has 5 nitrogen and oxygen atoms in total. The molecule has 25 heavy (non-hydrogen) atoms. The number of fused-ring (bicyclic) bond motifs is 1. The molecule has 0 aliphatic heterocycles. The summed E-state index contributed by atoms with van der Waals surface area (Å²) in [6.45, 7) is 3.81. The molecule has 3 rings (SSSR count). The highest BCUT2D eigenvalue weighted by atomic mass is 32.1. The summed E-state index contributed by atoms with van der Waals surface area (Å²) in [5.41, 5.74) is 0.997. The molecule has 0 unspecified atom stereocenters. The molecule has 0 fully saturated rings. The average molecular weight is 361 g/mol. The number of aryl methyl sites for hydroxylation is 1. The molecule has 2 aromatic heterocycles. The number of halogens is 1. The smallest absolute Gasteiger partial charge is 0.261 e. The molecule has 0 radical (unpaired) electrons. The molecule has 132 valence electrons. The first kappa shape index (κ1) is 17.6. The van der Waals surface area contributed by atoms with Gasteiger partial charge in [-0.25, -0.2) is 4.39 Å². The highest BCUT2D eigenvalue weighted by Gasteiger charge is 2.19. The van der Waals surface area contributed by atoms with E-state index >= 15 is 0 Å². The van der Waals surface area contributed by atoms with Crippen molar-refractivity contribution >= 4 is 27.5 Å². The summed E-state index contributed by atoms with van der Waals surface area (Å²) in [5.74, 6) is -0.451. The predicted octanol–water partition coefficient (Wildman–Crippen LogP) is 3.60. The molecule has 0 aliphatic rings. The van der Waals surface area contributed by atoms with Crippen molar-refractivity contribution in [3.05, 3.63) is 41.0 Å². The molecule has 7 heteroatoms. The van der Waals surface area contributed by atoms with E-state index in [1.54, 1.807) is 36.0 Å². The molecular weight excluding hydrogens is 341 g/mol. The van der Waals surface area contributed by atoms with Crippen LogP contribution in [-0.2, 0) is 11.8 Å². The van der Waals surface area contributed by atoms with Gasteiger partial charge in [0.1, 0.15) is 16.3 Å². The standard InChI is InChI=1S/C18H20FN3O2S/c1-3-24-10-6-9-20-17(23)15-11-13-16(21-22(2)18(13)25-15)12-7-4-5-8-14(12)19/h4-5,7-8,11H,3,6,9-10H2,1-2H3,(H,20,23). The molecule has 0 aliphatic carbocycles. The molecule has 1 N–H and O–H groups in total. The first-order chi connectivity index (χ1) is 12.1. The van der Waals surface area contributed by atoms with E-state index < -0.39 is 0 Å². The van der Waals surface area contributed by atoms with Gasteiger partial charge >= 0.3 is 0 Å². The summed E-state index contributed by atoms with van der Waals surface area (Å²) in [6, 6.07) is 8.31. The number of nitrogens with one attached hydrogen (secondary N) is 1. The number of nitrogens with zero attached hydrogens (tertiary/aromatic N) is 2. The van der Waals surface area contributed by atoms with Crippen LogP contribution in [0.3, 0.4) is 0 Å². The van der Waals surface area contributed by atoms with Crippen molar-refractivity contribution < 1.29 is 13.9 Å². The van der Waals surface area contributed by atoms with Gasteiger partial charge in [0.05, 0.1) is 4.88 Å². The van der Waals surface area contributed by atoms with E-state index in [2.05, 4.69) is 10.4 Å². The topological polar surface area (TPSA) is 56.1 Å². The van der Waals surface area contributed by atoms with E-state index in [4.69, 9.17) is 4.74 Å². The van der Waals surface area contributed by atoms with Crippen LogP contribution in [0.5, 0.6) is 0 Å². The highest BCUT2D eigenvalue weighted by molar-refractivity contribution is 7.20. The minimum Gasteiger partial charge on any atom is -0.382 e. The first-order valence-electron chi connectivity index (χ1n) is 8.19. The van der Waals surface area contributed by atoms with Crippen LogP contribution in [-0.4, -0.2) is 35.4 Å². The Labute approximate surface area is 149 Å². The number of benzene rings is 1. The van der Waals surface area contributed by atoms with E-state index in [1.807, 2.05) is 6.92 Å². The first-order valence-corrected chi connectivity index (χ1v) is 9.00. The molecule has 1 amide bonds. The van der Waals surface area contributed by atoms with Gasteiger partial charge in [0.25, 0.3) is 5.91 Å². The summed E-state index contributed by atoms with van der Waals surface area (Å²) in [7, 11) is 1.80. The number of aromatic nitrogens is 2. The third-order valence-electron chi connectivity index (χ3n) is 3.82. The lowest BCUT2D eigenvalue weighted by molar-refractivity contribution is 0.0948. The second-order valence-corrected chi connectivity index (χ2v) is 6.62. The zero-order chi connectivity index (χ0) is 17.8. The van der Waals surface area contributed by atoms with Crippen molar-refractivity contribution in [2.45, 2.75) is 13.3 Å². The lowest BCUT2D eigenvalue weighted by Crippen LogP contribution is -2.24. The van der Waals surface area contributed by atoms with Crippen molar-refractivity contribution in [1.82, 2.24) is 15.1 Å². The summed E-state index contributed by atoms with van der Waals surface area (Å²) in [6.07, 6.45) is 0.770. The molecule has 1 aromatic carbocycles. The highest BCUT2D eigenvalue weighted by Crippen LogP contribution is 2.34. The monoisotopic (exact) mass is 361 g/mol. The number of amides is 1. The Bertz CT molecular complexity index is 888. The summed E-state index contributed by atoms with van der Waals surface area (Å²) in [5, 5.41) is 8.09. The fraction of sp³-hybridized carbons (Fsp3) is 0.333. The molecule has 2 heterocycles. The number of carbonyl (C=O) groups excluding carboxylic acids is 1. The fourth-order valence-corrected chi connectivity index (χ4v) is 3.60. The Morgan fingerprint density at radius 2 is 2.20 bits per heavy atom. The van der Waals surface area contributed by atoms with Crippen LogP contribution in [0.15, 0.2) is 30.3 Å². The molecular formula is C18H20FN3O2S. The number of hydrogen-bond donors (Lipinski definition) is 1. The Morgan fingerprint density at radius 1 is 1.40 bits per heavy atom. The maximum Gasteiger partial charge on any atom is 0.261 e. The van der Waals surface area contributed by atoms with Gasteiger partial charge in [-0.1, -0.05) is 12.1 Å². The van der Waals surface area contributed by atoms with Crippen molar-refractivity contribution in [3.8, 4) is 11.3 Å². The lowest BCUT2D eigenvalue weighted by atomic mass is 10.1. The van der Waals surface area contributed by atoms with Gasteiger partial charge < -0.3 is 10.1 Å². The number of ether oxygens (including phenoxy) is 1. The SMILES string of the molecule is CCOCCCNC(=O)c1cc2c(-c3ccccc3F)nn(C)c2s1. The van der Waals surface area contributed by atoms with Gasteiger partial charge in [-0.2, -0.15) is 5.10 Å². The van der Waals surface area contributed by atoms with Crippen LogP contribution >= 0.6 is 11.3 Å². The second-order valence-electron chi connectivity index (χ2n) is 5.59. The number of carbonyl (C=O) groups is 1. The molecule has 0 bridgehead atoms. The maximum absolute atomic E-state index is 14.1. The van der Waals surface area contributed by atoms with E-state index in [0.29, 0.717) is 35.9 Å².